The van der Waals surface area contributed by atoms with Gasteiger partial charge in [0.2, 0.25) is 6.17 Å². The maximum Gasteiger partial charge on any atom is 0.269 e. The molecule has 2 amide bonds. The van der Waals surface area contributed by atoms with Crippen molar-refractivity contribution in [2.45, 2.75) is 6.17 Å². The van der Waals surface area contributed by atoms with Gasteiger partial charge in [-0.2, -0.15) is 0 Å². The number of hydrogen-bond donors (Lipinski definition) is 2. The molecule has 0 spiro atoms. The number of nitrogens with zero attached hydrogens (tertiary/aromatic N) is 3. The van der Waals surface area contributed by atoms with Crippen molar-refractivity contribution in [3.05, 3.63) is 86.2 Å². The first kappa shape index (κ1) is 26.8. The van der Waals surface area contributed by atoms with E-state index in [2.05, 4.69) is 20.6 Å². The van der Waals surface area contributed by atoms with Crippen LogP contribution >= 0.6 is 34.8 Å². The molecule has 0 bridgehead atoms. The van der Waals surface area contributed by atoms with E-state index >= 15 is 0 Å². The third kappa shape index (κ3) is 5.86. The lowest BCUT2D eigenvalue weighted by Crippen LogP contribution is -2.43. The fourth-order valence-electron chi connectivity index (χ4n) is 3.76. The predicted molar refractivity (Wildman–Crippen MR) is 143 cm³/mol. The molecule has 0 aliphatic carbocycles. The van der Waals surface area contributed by atoms with Crippen molar-refractivity contribution in [3.63, 3.8) is 0 Å². The monoisotopic (exact) mass is 563 g/mol. The number of aliphatic imine (C=N–C) groups is 1. The summed E-state index contributed by atoms with van der Waals surface area (Å²) in [5, 5.41) is 6.08. The van der Waals surface area contributed by atoms with Crippen molar-refractivity contribution in [2.75, 3.05) is 37.5 Å². The summed E-state index contributed by atoms with van der Waals surface area (Å²) >= 11 is 19.0. The number of anilines is 2. The number of fused-ring (bicyclic) bond motifs is 1. The maximum atomic E-state index is 14.1. The molecule has 37 heavy (non-hydrogen) atoms. The SMILES string of the molecule is COCCN(C)c1ncc(F)cc1C(=O)N[C@@H]1N=C(c2c(Cl)cc(Cl)cc2Cl)c2ccccc2NC1=O. The van der Waals surface area contributed by atoms with E-state index in [0.29, 0.717) is 35.0 Å². The van der Waals surface area contributed by atoms with Crippen LogP contribution < -0.4 is 15.5 Å². The molecule has 0 saturated heterocycles. The van der Waals surface area contributed by atoms with Gasteiger partial charge in [-0.3, -0.25) is 9.59 Å². The summed E-state index contributed by atoms with van der Waals surface area (Å²) in [6.45, 7) is 0.751. The second-order valence-electron chi connectivity index (χ2n) is 8.07. The minimum absolute atomic E-state index is 0.0764. The van der Waals surface area contributed by atoms with Gasteiger partial charge in [-0.25, -0.2) is 14.4 Å². The van der Waals surface area contributed by atoms with Gasteiger partial charge in [-0.05, 0) is 24.3 Å². The van der Waals surface area contributed by atoms with Gasteiger partial charge in [0, 0.05) is 36.9 Å². The Labute approximate surface area is 227 Å². The molecule has 1 aliphatic rings. The van der Waals surface area contributed by atoms with E-state index in [1.807, 2.05) is 0 Å². The Morgan fingerprint density at radius 3 is 2.59 bits per heavy atom. The molecule has 0 unspecified atom stereocenters. The standard InChI is InChI=1S/C25H21Cl3FN5O3/c1-34(7-8-37-2)23-16(11-14(29)12-30-23)24(35)33-22-25(36)31-19-6-4-3-5-15(19)21(32-22)20-17(27)9-13(26)10-18(20)28/h3-6,9-12,22H,7-8H2,1-2H3,(H,31,36)(H,33,35)/t22-/m0/s1. The van der Waals surface area contributed by atoms with Crippen molar-refractivity contribution in [1.82, 2.24) is 10.3 Å². The summed E-state index contributed by atoms with van der Waals surface area (Å²) in [6.07, 6.45) is -0.399. The second-order valence-corrected chi connectivity index (χ2v) is 9.32. The third-order valence-electron chi connectivity index (χ3n) is 5.53. The molecule has 1 atom stereocenters. The van der Waals surface area contributed by atoms with Crippen molar-refractivity contribution in [3.8, 4) is 0 Å². The number of methoxy groups -OCH3 is 1. The molecule has 8 nitrogen and oxygen atoms in total. The number of halogens is 4. The molecule has 2 aromatic carbocycles. The number of pyridine rings is 1. The van der Waals surface area contributed by atoms with Crippen molar-refractivity contribution < 1.29 is 18.7 Å². The molecule has 0 fully saturated rings. The zero-order valence-electron chi connectivity index (χ0n) is 19.7. The van der Waals surface area contributed by atoms with Gasteiger partial charge in [-0.1, -0.05) is 53.0 Å². The van der Waals surface area contributed by atoms with Crippen LogP contribution in [0, 0.1) is 5.82 Å². The average Bonchev–Trinajstić information content (AvgIpc) is 2.98. The summed E-state index contributed by atoms with van der Waals surface area (Å²) in [4.78, 5) is 36.7. The number of nitrogens with one attached hydrogen (secondary N) is 2. The number of para-hydroxylation sites is 1. The zero-order chi connectivity index (χ0) is 26.7. The van der Waals surface area contributed by atoms with Crippen LogP contribution in [0.3, 0.4) is 0 Å². The van der Waals surface area contributed by atoms with E-state index in [1.54, 1.807) is 36.2 Å². The van der Waals surface area contributed by atoms with E-state index < -0.39 is 23.8 Å². The summed E-state index contributed by atoms with van der Waals surface area (Å²) in [5.74, 6) is -1.87. The molecule has 4 rings (SSSR count). The Morgan fingerprint density at radius 2 is 1.89 bits per heavy atom. The highest BCUT2D eigenvalue weighted by Crippen LogP contribution is 2.34. The van der Waals surface area contributed by atoms with Gasteiger partial charge in [0.25, 0.3) is 11.8 Å². The first-order valence-corrected chi connectivity index (χ1v) is 12.1. The van der Waals surface area contributed by atoms with E-state index in [0.717, 1.165) is 12.3 Å². The maximum absolute atomic E-state index is 14.1. The van der Waals surface area contributed by atoms with Crippen LogP contribution in [0.4, 0.5) is 15.9 Å². The number of rotatable bonds is 7. The number of hydrogen-bond acceptors (Lipinski definition) is 6. The van der Waals surface area contributed by atoms with E-state index in [1.165, 1.54) is 19.2 Å². The molecule has 2 heterocycles. The lowest BCUT2D eigenvalue weighted by Gasteiger charge is -2.21. The largest absolute Gasteiger partial charge is 0.383 e. The van der Waals surface area contributed by atoms with Crippen molar-refractivity contribution in [2.24, 2.45) is 4.99 Å². The molecular weight excluding hydrogens is 544 g/mol. The minimum atomic E-state index is -1.40. The summed E-state index contributed by atoms with van der Waals surface area (Å²) < 4.78 is 19.2. The molecule has 192 valence electrons. The van der Waals surface area contributed by atoms with Crippen LogP contribution in [0.1, 0.15) is 21.5 Å². The zero-order valence-corrected chi connectivity index (χ0v) is 22.0. The molecular formula is C25H21Cl3FN5O3. The molecule has 0 radical (unpaired) electrons. The number of aromatic nitrogens is 1. The van der Waals surface area contributed by atoms with E-state index in [-0.39, 0.29) is 27.1 Å². The van der Waals surface area contributed by atoms with Crippen LogP contribution in [0.25, 0.3) is 0 Å². The summed E-state index contributed by atoms with van der Waals surface area (Å²) in [6, 6.07) is 11.0. The van der Waals surface area contributed by atoms with Crippen LogP contribution in [0.2, 0.25) is 15.1 Å². The Balaban J connectivity index is 1.77. The topological polar surface area (TPSA) is 95.9 Å². The van der Waals surface area contributed by atoms with Gasteiger partial charge in [0.1, 0.15) is 11.6 Å². The smallest absolute Gasteiger partial charge is 0.269 e. The molecule has 0 saturated carbocycles. The average molecular weight is 565 g/mol. The number of likely N-dealkylation sites (N-methyl/N-ethyl adjacent to an activating group) is 1. The number of benzene rings is 2. The highest BCUT2D eigenvalue weighted by atomic mass is 35.5. The fourth-order valence-corrected chi connectivity index (χ4v) is 4.76. The summed E-state index contributed by atoms with van der Waals surface area (Å²) in [5.41, 5.74) is 1.50. The molecule has 2 N–H and O–H groups in total. The van der Waals surface area contributed by atoms with Gasteiger partial charge in [0.15, 0.2) is 0 Å². The van der Waals surface area contributed by atoms with Crippen LogP contribution in [0.15, 0.2) is 53.7 Å². The van der Waals surface area contributed by atoms with Gasteiger partial charge < -0.3 is 20.3 Å². The number of amides is 2. The molecule has 3 aromatic rings. The summed E-state index contributed by atoms with van der Waals surface area (Å²) in [7, 11) is 3.23. The highest BCUT2D eigenvalue weighted by molar-refractivity contribution is 6.44. The Morgan fingerprint density at radius 1 is 1.19 bits per heavy atom. The Kier molecular flexibility index (Phi) is 8.29. The third-order valence-corrected chi connectivity index (χ3v) is 6.34. The lowest BCUT2D eigenvalue weighted by molar-refractivity contribution is -0.117. The minimum Gasteiger partial charge on any atom is -0.383 e. The van der Waals surface area contributed by atoms with Crippen LogP contribution in [-0.2, 0) is 9.53 Å². The quantitative estimate of drug-likeness (QED) is 0.429. The number of carbonyl (C=O) groups is 2. The molecule has 1 aliphatic heterocycles. The normalized spacial score (nSPS) is 14.8. The van der Waals surface area contributed by atoms with Gasteiger partial charge in [-0.15, -0.1) is 0 Å². The van der Waals surface area contributed by atoms with Crippen LogP contribution in [-0.4, -0.2) is 56.0 Å². The highest BCUT2D eigenvalue weighted by Gasteiger charge is 2.30. The number of carbonyl (C=O) groups excluding carboxylic acids is 2. The van der Waals surface area contributed by atoms with Crippen molar-refractivity contribution >= 4 is 63.8 Å². The fraction of sp³-hybridized carbons (Fsp3) is 0.200. The lowest BCUT2D eigenvalue weighted by atomic mass is 10.0. The molecule has 12 heteroatoms. The first-order chi connectivity index (χ1) is 17.7. The van der Waals surface area contributed by atoms with E-state index in [9.17, 15) is 14.0 Å². The first-order valence-electron chi connectivity index (χ1n) is 11.0. The second kappa shape index (κ2) is 11.4. The Hall–Kier alpha value is -3.24. The van der Waals surface area contributed by atoms with Gasteiger partial charge in [0.05, 0.1) is 39.8 Å². The number of benzodiazepines with no additional fused rings is 1. The molecule has 1 aromatic heterocycles. The number of ether oxygens (including phenoxy) is 1. The van der Waals surface area contributed by atoms with E-state index in [4.69, 9.17) is 39.5 Å². The Bertz CT molecular complexity index is 1380. The predicted octanol–water partition coefficient (Wildman–Crippen LogP) is 4.81. The van der Waals surface area contributed by atoms with Crippen LogP contribution in [0.5, 0.6) is 0 Å². The van der Waals surface area contributed by atoms with Gasteiger partial charge >= 0.3 is 0 Å². The van der Waals surface area contributed by atoms with Crippen molar-refractivity contribution in [1.29, 1.82) is 0 Å².